The second kappa shape index (κ2) is 4.43. The molecule has 0 saturated carbocycles. The Hall–Kier alpha value is -0.460. The predicted octanol–water partition coefficient (Wildman–Crippen LogP) is 1.49. The summed E-state index contributed by atoms with van der Waals surface area (Å²) in [5, 5.41) is 9.31. The molecule has 0 bridgehead atoms. The molecule has 1 aliphatic heterocycles. The van der Waals surface area contributed by atoms with Gasteiger partial charge in [0.15, 0.2) is 9.84 Å². The second-order valence-corrected chi connectivity index (χ2v) is 7.58. The zero-order chi connectivity index (χ0) is 11.8. The third-order valence-corrected chi connectivity index (χ3v) is 6.58. The van der Waals surface area contributed by atoms with Crippen molar-refractivity contribution in [1.29, 1.82) is 0 Å². The van der Waals surface area contributed by atoms with Crippen LogP contribution in [0.2, 0.25) is 0 Å². The van der Waals surface area contributed by atoms with Gasteiger partial charge in [-0.15, -0.1) is 11.3 Å². The fraction of sp³-hybridized carbons (Fsp3) is 0.700. The molecule has 1 aliphatic rings. The summed E-state index contributed by atoms with van der Waals surface area (Å²) in [5.74, 6) is 0.317. The van der Waals surface area contributed by atoms with Gasteiger partial charge in [0.1, 0.15) is 10.3 Å². The molecule has 4 nitrogen and oxygen atoms in total. The van der Waals surface area contributed by atoms with E-state index in [0.717, 1.165) is 11.3 Å². The first-order valence-electron chi connectivity index (χ1n) is 5.32. The van der Waals surface area contributed by atoms with Crippen molar-refractivity contribution in [2.75, 3.05) is 12.4 Å². The Morgan fingerprint density at radius 2 is 2.44 bits per heavy atom. The van der Waals surface area contributed by atoms with Crippen LogP contribution in [-0.2, 0) is 9.84 Å². The normalized spacial score (nSPS) is 25.8. The van der Waals surface area contributed by atoms with Crippen molar-refractivity contribution >= 4 is 21.2 Å². The van der Waals surface area contributed by atoms with Gasteiger partial charge in [-0.2, -0.15) is 0 Å². The molecule has 0 spiro atoms. The summed E-state index contributed by atoms with van der Waals surface area (Å²) in [6, 6.07) is 0. The Bertz CT molecular complexity index is 466. The Balaban J connectivity index is 2.25. The summed E-state index contributed by atoms with van der Waals surface area (Å²) >= 11 is 1.41. The predicted molar refractivity (Wildman–Crippen MR) is 63.4 cm³/mol. The molecular weight excluding hydrogens is 246 g/mol. The Labute approximate surface area is 99.3 Å². The van der Waals surface area contributed by atoms with Gasteiger partial charge in [0, 0.05) is 17.0 Å². The van der Waals surface area contributed by atoms with Gasteiger partial charge in [-0.25, -0.2) is 13.4 Å². The summed E-state index contributed by atoms with van der Waals surface area (Å²) in [5.41, 5.74) is 0. The van der Waals surface area contributed by atoms with Gasteiger partial charge in [-0.3, -0.25) is 0 Å². The first kappa shape index (κ1) is 12.0. The van der Waals surface area contributed by atoms with Gasteiger partial charge in [0.05, 0.1) is 12.4 Å². The third-order valence-electron chi connectivity index (χ3n) is 2.91. The molecule has 0 aliphatic carbocycles. The summed E-state index contributed by atoms with van der Waals surface area (Å²) in [4.78, 5) is 5.15. The SMILES string of the molecule is CC(CO)c1cnc(C2CCCS2(=O)=O)s1. The van der Waals surface area contributed by atoms with Crippen LogP contribution >= 0.6 is 11.3 Å². The minimum atomic E-state index is -2.97. The second-order valence-electron chi connectivity index (χ2n) is 4.18. The molecule has 1 fully saturated rings. The number of sulfone groups is 1. The molecule has 1 N–H and O–H groups in total. The van der Waals surface area contributed by atoms with Crippen molar-refractivity contribution in [3.63, 3.8) is 0 Å². The first-order valence-corrected chi connectivity index (χ1v) is 7.86. The Morgan fingerprint density at radius 1 is 1.69 bits per heavy atom. The molecule has 0 aromatic carbocycles. The number of hydrogen-bond acceptors (Lipinski definition) is 5. The minimum absolute atomic E-state index is 0.0374. The number of aliphatic hydroxyl groups excluding tert-OH is 1. The molecule has 2 unspecified atom stereocenters. The van der Waals surface area contributed by atoms with E-state index in [1.807, 2.05) is 6.92 Å². The van der Waals surface area contributed by atoms with Crippen molar-refractivity contribution in [3.05, 3.63) is 16.1 Å². The number of aromatic nitrogens is 1. The van der Waals surface area contributed by atoms with Crippen LogP contribution in [0.15, 0.2) is 6.20 Å². The third kappa shape index (κ3) is 2.14. The van der Waals surface area contributed by atoms with E-state index < -0.39 is 15.1 Å². The average Bonchev–Trinajstić information content (AvgIpc) is 2.82. The highest BCUT2D eigenvalue weighted by Gasteiger charge is 2.34. The van der Waals surface area contributed by atoms with Crippen LogP contribution in [0.25, 0.3) is 0 Å². The largest absolute Gasteiger partial charge is 0.396 e. The number of rotatable bonds is 3. The number of aliphatic hydroxyl groups is 1. The molecule has 2 atom stereocenters. The van der Waals surface area contributed by atoms with Crippen LogP contribution in [0.1, 0.15) is 40.8 Å². The fourth-order valence-corrected chi connectivity index (χ4v) is 5.15. The molecule has 6 heteroatoms. The van der Waals surface area contributed by atoms with Crippen LogP contribution < -0.4 is 0 Å². The smallest absolute Gasteiger partial charge is 0.159 e. The summed E-state index contributed by atoms with van der Waals surface area (Å²) in [7, 11) is -2.97. The quantitative estimate of drug-likeness (QED) is 0.895. The maximum atomic E-state index is 11.7. The van der Waals surface area contributed by atoms with E-state index in [9.17, 15) is 8.42 Å². The lowest BCUT2D eigenvalue weighted by atomic mass is 10.2. The maximum absolute atomic E-state index is 11.7. The van der Waals surface area contributed by atoms with Crippen molar-refractivity contribution in [1.82, 2.24) is 4.98 Å². The molecule has 90 valence electrons. The Morgan fingerprint density at radius 3 is 3.00 bits per heavy atom. The molecular formula is C10H15NO3S2. The molecule has 1 aromatic rings. The highest BCUT2D eigenvalue weighted by molar-refractivity contribution is 7.92. The van der Waals surface area contributed by atoms with Crippen molar-refractivity contribution in [2.24, 2.45) is 0 Å². The molecule has 2 rings (SSSR count). The highest BCUT2D eigenvalue weighted by atomic mass is 32.2. The minimum Gasteiger partial charge on any atom is -0.396 e. The van der Waals surface area contributed by atoms with Gasteiger partial charge < -0.3 is 5.11 Å². The summed E-state index contributed by atoms with van der Waals surface area (Å²) in [6.45, 7) is 1.97. The van der Waals surface area contributed by atoms with E-state index in [1.54, 1.807) is 6.20 Å². The van der Waals surface area contributed by atoms with E-state index in [1.165, 1.54) is 11.3 Å². The van der Waals surface area contributed by atoms with Gasteiger partial charge in [-0.1, -0.05) is 6.92 Å². The monoisotopic (exact) mass is 261 g/mol. The lowest BCUT2D eigenvalue weighted by molar-refractivity contribution is 0.274. The topological polar surface area (TPSA) is 67.3 Å². The Kier molecular flexibility index (Phi) is 3.32. The lowest BCUT2D eigenvalue weighted by Gasteiger charge is -2.05. The number of thiazole rings is 1. The molecule has 0 amide bonds. The van der Waals surface area contributed by atoms with E-state index >= 15 is 0 Å². The zero-order valence-corrected chi connectivity index (χ0v) is 10.7. The van der Waals surface area contributed by atoms with E-state index in [4.69, 9.17) is 5.11 Å². The first-order chi connectivity index (χ1) is 7.54. The molecule has 2 heterocycles. The van der Waals surface area contributed by atoms with Gasteiger partial charge in [0.25, 0.3) is 0 Å². The standard InChI is InChI=1S/C10H15NO3S2/c1-7(6-12)8-5-11-10(15-8)9-3-2-4-16(9,13)14/h5,7,9,12H,2-4,6H2,1H3. The van der Waals surface area contributed by atoms with Crippen molar-refractivity contribution < 1.29 is 13.5 Å². The van der Waals surface area contributed by atoms with Gasteiger partial charge in [0.2, 0.25) is 0 Å². The van der Waals surface area contributed by atoms with Crippen molar-refractivity contribution in [2.45, 2.75) is 30.9 Å². The van der Waals surface area contributed by atoms with E-state index in [0.29, 0.717) is 11.4 Å². The summed E-state index contributed by atoms with van der Waals surface area (Å²) < 4.78 is 23.5. The molecule has 1 aromatic heterocycles. The van der Waals surface area contributed by atoms with Crippen molar-refractivity contribution in [3.8, 4) is 0 Å². The van der Waals surface area contributed by atoms with Crippen LogP contribution in [0.5, 0.6) is 0 Å². The molecule has 0 radical (unpaired) electrons. The van der Waals surface area contributed by atoms with Crippen LogP contribution in [0.3, 0.4) is 0 Å². The van der Waals surface area contributed by atoms with Gasteiger partial charge in [-0.05, 0) is 12.8 Å². The van der Waals surface area contributed by atoms with Crippen LogP contribution in [0, 0.1) is 0 Å². The van der Waals surface area contributed by atoms with Gasteiger partial charge >= 0.3 is 0 Å². The number of hydrogen-bond donors (Lipinski definition) is 1. The summed E-state index contributed by atoms with van der Waals surface area (Å²) in [6.07, 6.45) is 3.11. The molecule has 16 heavy (non-hydrogen) atoms. The van der Waals surface area contributed by atoms with Crippen LogP contribution in [-0.4, -0.2) is 30.9 Å². The average molecular weight is 261 g/mol. The molecule has 1 saturated heterocycles. The maximum Gasteiger partial charge on any atom is 0.159 e. The zero-order valence-electron chi connectivity index (χ0n) is 9.09. The van der Waals surface area contributed by atoms with E-state index in [2.05, 4.69) is 4.98 Å². The fourth-order valence-electron chi connectivity index (χ4n) is 1.84. The number of nitrogens with zero attached hydrogens (tertiary/aromatic N) is 1. The lowest BCUT2D eigenvalue weighted by Crippen LogP contribution is -2.07. The van der Waals surface area contributed by atoms with Crippen LogP contribution in [0.4, 0.5) is 0 Å². The van der Waals surface area contributed by atoms with E-state index in [-0.39, 0.29) is 18.3 Å². The highest BCUT2D eigenvalue weighted by Crippen LogP contribution is 2.37.